The molecule has 28 heavy (non-hydrogen) atoms. The van der Waals surface area contributed by atoms with Crippen LogP contribution in [0.5, 0.6) is 5.75 Å². The summed E-state index contributed by atoms with van der Waals surface area (Å²) in [5.41, 5.74) is 3.72. The molecule has 1 aliphatic rings. The minimum Gasteiger partial charge on any atom is -0.490 e. The van der Waals surface area contributed by atoms with Crippen LogP contribution in [0.25, 0.3) is 16.6 Å². The largest absolute Gasteiger partial charge is 0.490 e. The summed E-state index contributed by atoms with van der Waals surface area (Å²) >= 11 is 6.56. The number of fused-ring (bicyclic) bond motifs is 2. The highest BCUT2D eigenvalue weighted by Crippen LogP contribution is 2.35. The Labute approximate surface area is 165 Å². The molecule has 1 aliphatic heterocycles. The van der Waals surface area contributed by atoms with E-state index in [-0.39, 0.29) is 5.82 Å². The minimum atomic E-state index is -0.248. The third kappa shape index (κ3) is 3.15. The monoisotopic (exact) mass is 397 g/mol. The summed E-state index contributed by atoms with van der Waals surface area (Å²) in [6, 6.07) is 10.6. The Morgan fingerprint density at radius 3 is 2.96 bits per heavy atom. The van der Waals surface area contributed by atoms with Gasteiger partial charge in [-0.05, 0) is 36.4 Å². The van der Waals surface area contributed by atoms with Gasteiger partial charge in [-0.15, -0.1) is 0 Å². The van der Waals surface area contributed by atoms with Crippen molar-refractivity contribution in [3.63, 3.8) is 0 Å². The standard InChI is InChI=1S/C21H17ClFN3O2/c22-19-9-18(26-4-3-14-7-16(23)1-2-20(14)26)8-15-10-25(5-6-28-21(15)19)11-17-12-27-13-24-17/h1-4,7-9,12-13H,5-6,10-11H2. The van der Waals surface area contributed by atoms with Gasteiger partial charge in [0.15, 0.2) is 6.39 Å². The molecule has 0 atom stereocenters. The van der Waals surface area contributed by atoms with Crippen molar-refractivity contribution in [1.29, 1.82) is 0 Å². The van der Waals surface area contributed by atoms with Gasteiger partial charge in [0.1, 0.15) is 24.4 Å². The first-order chi connectivity index (χ1) is 13.7. The van der Waals surface area contributed by atoms with Gasteiger partial charge in [-0.1, -0.05) is 11.6 Å². The molecule has 0 bridgehead atoms. The van der Waals surface area contributed by atoms with Gasteiger partial charge in [-0.2, -0.15) is 0 Å². The molecular weight excluding hydrogens is 381 g/mol. The molecule has 4 aromatic rings. The molecule has 142 valence electrons. The van der Waals surface area contributed by atoms with E-state index < -0.39 is 0 Å². The quantitative estimate of drug-likeness (QED) is 0.498. The van der Waals surface area contributed by atoms with Gasteiger partial charge in [0.2, 0.25) is 0 Å². The summed E-state index contributed by atoms with van der Waals surface area (Å²) < 4.78 is 26.5. The molecule has 0 unspecified atom stereocenters. The van der Waals surface area contributed by atoms with Crippen molar-refractivity contribution in [2.45, 2.75) is 13.1 Å². The number of hydrogen-bond acceptors (Lipinski definition) is 4. The SMILES string of the molecule is Fc1ccc2c(ccn2-c2cc(Cl)c3c(c2)CN(Cc2cocn2)CCO3)c1. The molecule has 0 saturated heterocycles. The van der Waals surface area contributed by atoms with E-state index in [0.717, 1.165) is 40.1 Å². The molecule has 0 amide bonds. The number of oxazole rings is 1. The van der Waals surface area contributed by atoms with E-state index in [2.05, 4.69) is 16.0 Å². The van der Waals surface area contributed by atoms with E-state index in [1.54, 1.807) is 12.3 Å². The summed E-state index contributed by atoms with van der Waals surface area (Å²) in [5.74, 6) is 0.470. The van der Waals surface area contributed by atoms with Crippen LogP contribution in [0.15, 0.2) is 59.7 Å². The van der Waals surface area contributed by atoms with Crippen LogP contribution in [0, 0.1) is 5.82 Å². The van der Waals surface area contributed by atoms with Crippen LogP contribution < -0.4 is 4.74 Å². The molecule has 0 fully saturated rings. The molecule has 5 rings (SSSR count). The molecule has 0 saturated carbocycles. The van der Waals surface area contributed by atoms with Crippen molar-refractivity contribution in [2.75, 3.05) is 13.2 Å². The summed E-state index contributed by atoms with van der Waals surface area (Å²) in [4.78, 5) is 6.45. The van der Waals surface area contributed by atoms with Gasteiger partial charge >= 0.3 is 0 Å². The third-order valence-corrected chi connectivity index (χ3v) is 5.23. The van der Waals surface area contributed by atoms with E-state index in [1.165, 1.54) is 18.5 Å². The zero-order chi connectivity index (χ0) is 19.1. The van der Waals surface area contributed by atoms with E-state index in [4.69, 9.17) is 20.8 Å². The van der Waals surface area contributed by atoms with Crippen LogP contribution in [0.3, 0.4) is 0 Å². The number of ether oxygens (including phenoxy) is 1. The van der Waals surface area contributed by atoms with Gasteiger partial charge < -0.3 is 13.7 Å². The Kier molecular flexibility index (Phi) is 4.30. The van der Waals surface area contributed by atoms with Crippen LogP contribution in [-0.2, 0) is 13.1 Å². The molecule has 0 aliphatic carbocycles. The van der Waals surface area contributed by atoms with Crippen molar-refractivity contribution < 1.29 is 13.5 Å². The second kappa shape index (κ2) is 6.96. The molecule has 0 radical (unpaired) electrons. The van der Waals surface area contributed by atoms with Gasteiger partial charge in [-0.3, -0.25) is 4.90 Å². The zero-order valence-electron chi connectivity index (χ0n) is 14.9. The third-order valence-electron chi connectivity index (χ3n) is 4.95. The summed E-state index contributed by atoms with van der Waals surface area (Å²) in [6.07, 6.45) is 5.01. The molecule has 0 N–H and O–H groups in total. The van der Waals surface area contributed by atoms with Crippen LogP contribution in [0.2, 0.25) is 5.02 Å². The van der Waals surface area contributed by atoms with Crippen molar-refractivity contribution in [3.05, 3.63) is 77.3 Å². The summed E-state index contributed by atoms with van der Waals surface area (Å²) in [7, 11) is 0. The predicted molar refractivity (Wildman–Crippen MR) is 104 cm³/mol. The second-order valence-corrected chi connectivity index (χ2v) is 7.25. The maximum atomic E-state index is 13.5. The lowest BCUT2D eigenvalue weighted by Gasteiger charge is -2.18. The lowest BCUT2D eigenvalue weighted by Crippen LogP contribution is -2.25. The Bertz CT molecular complexity index is 1140. The lowest BCUT2D eigenvalue weighted by atomic mass is 10.1. The highest BCUT2D eigenvalue weighted by molar-refractivity contribution is 6.32. The van der Waals surface area contributed by atoms with Crippen molar-refractivity contribution in [3.8, 4) is 11.4 Å². The number of aromatic nitrogens is 2. The van der Waals surface area contributed by atoms with Crippen LogP contribution in [-0.4, -0.2) is 27.6 Å². The zero-order valence-corrected chi connectivity index (χ0v) is 15.7. The highest BCUT2D eigenvalue weighted by atomic mass is 35.5. The maximum Gasteiger partial charge on any atom is 0.180 e. The van der Waals surface area contributed by atoms with Gasteiger partial charge in [0.25, 0.3) is 0 Å². The predicted octanol–water partition coefficient (Wildman–Crippen LogP) is 4.81. The average Bonchev–Trinajstić information content (AvgIpc) is 3.27. The number of nitrogens with zero attached hydrogens (tertiary/aromatic N) is 3. The lowest BCUT2D eigenvalue weighted by molar-refractivity contribution is 0.217. The number of hydrogen-bond donors (Lipinski definition) is 0. The molecule has 5 nitrogen and oxygen atoms in total. The van der Waals surface area contributed by atoms with Gasteiger partial charge in [0.05, 0.1) is 16.2 Å². The fraction of sp³-hybridized carbons (Fsp3) is 0.190. The Balaban J connectivity index is 1.53. The highest BCUT2D eigenvalue weighted by Gasteiger charge is 2.20. The Hall–Kier alpha value is -2.83. The van der Waals surface area contributed by atoms with Gasteiger partial charge in [-0.25, -0.2) is 9.37 Å². The number of rotatable bonds is 3. The first kappa shape index (κ1) is 17.3. The Morgan fingerprint density at radius 1 is 1.18 bits per heavy atom. The Morgan fingerprint density at radius 2 is 2.11 bits per heavy atom. The van der Waals surface area contributed by atoms with Crippen LogP contribution in [0.4, 0.5) is 4.39 Å². The summed E-state index contributed by atoms with van der Waals surface area (Å²) in [6.45, 7) is 2.67. The fourth-order valence-corrected chi connectivity index (χ4v) is 3.96. The van der Waals surface area contributed by atoms with E-state index in [9.17, 15) is 4.39 Å². The minimum absolute atomic E-state index is 0.248. The molecule has 0 spiro atoms. The molecule has 7 heteroatoms. The van der Waals surface area contributed by atoms with Crippen LogP contribution in [0.1, 0.15) is 11.3 Å². The van der Waals surface area contributed by atoms with Crippen molar-refractivity contribution in [1.82, 2.24) is 14.5 Å². The molecular formula is C21H17ClFN3O2. The van der Waals surface area contributed by atoms with Crippen molar-refractivity contribution in [2.24, 2.45) is 0 Å². The average molecular weight is 398 g/mol. The first-order valence-electron chi connectivity index (χ1n) is 8.99. The molecule has 3 heterocycles. The maximum absolute atomic E-state index is 13.5. The van der Waals surface area contributed by atoms with Gasteiger partial charge in [0, 0.05) is 42.5 Å². The topological polar surface area (TPSA) is 43.4 Å². The van der Waals surface area contributed by atoms with E-state index in [1.807, 2.05) is 22.9 Å². The summed E-state index contributed by atoms with van der Waals surface area (Å²) in [5, 5.41) is 1.41. The second-order valence-electron chi connectivity index (χ2n) is 6.84. The fourth-order valence-electron chi connectivity index (χ4n) is 3.67. The molecule has 2 aromatic heterocycles. The normalized spacial score (nSPS) is 14.6. The van der Waals surface area contributed by atoms with Crippen molar-refractivity contribution >= 4 is 22.5 Å². The van der Waals surface area contributed by atoms with Crippen LogP contribution >= 0.6 is 11.6 Å². The smallest absolute Gasteiger partial charge is 0.180 e. The first-order valence-corrected chi connectivity index (χ1v) is 9.37. The van der Waals surface area contributed by atoms with E-state index in [0.29, 0.717) is 24.7 Å². The number of halogens is 2. The number of benzene rings is 2. The molecule has 2 aromatic carbocycles. The van der Waals surface area contributed by atoms with E-state index >= 15 is 0 Å².